The Bertz CT molecular complexity index is 778. The van der Waals surface area contributed by atoms with E-state index in [2.05, 4.69) is 15.8 Å². The van der Waals surface area contributed by atoms with E-state index in [1.165, 1.54) is 18.3 Å². The summed E-state index contributed by atoms with van der Waals surface area (Å²) in [4.78, 5) is 23.4. The minimum Gasteiger partial charge on any atom is -0.316 e. The third-order valence-corrected chi connectivity index (χ3v) is 3.57. The van der Waals surface area contributed by atoms with Gasteiger partial charge < -0.3 is 5.32 Å². The second-order valence-electron chi connectivity index (χ2n) is 4.30. The van der Waals surface area contributed by atoms with Crippen LogP contribution in [0.5, 0.6) is 0 Å². The maximum absolute atomic E-state index is 11.8. The number of carbonyl (C=O) groups excluding carboxylic acids is 2. The highest BCUT2D eigenvalue weighted by atomic mass is 35.5. The summed E-state index contributed by atoms with van der Waals surface area (Å²) in [7, 11) is 0. The predicted octanol–water partition coefficient (Wildman–Crippen LogP) is 3.74. The van der Waals surface area contributed by atoms with E-state index in [1.54, 1.807) is 30.3 Å². The third-order valence-electron chi connectivity index (χ3n) is 2.66. The van der Waals surface area contributed by atoms with Crippen LogP contribution in [0.15, 0.2) is 47.6 Å². The second kappa shape index (κ2) is 7.97. The van der Waals surface area contributed by atoms with Crippen LogP contribution < -0.4 is 10.7 Å². The smallest absolute Gasteiger partial charge is 0.316 e. The number of amides is 2. The molecule has 0 saturated carbocycles. The molecule has 0 aliphatic carbocycles. The number of hydrogen-bond donors (Lipinski definition) is 2. The van der Waals surface area contributed by atoms with Crippen LogP contribution in [0.3, 0.4) is 0 Å². The average molecular weight is 371 g/mol. The number of nitrogens with one attached hydrogen (secondary N) is 2. The van der Waals surface area contributed by atoms with Crippen LogP contribution in [0.25, 0.3) is 0 Å². The van der Waals surface area contributed by atoms with Gasteiger partial charge in [-0.25, -0.2) is 5.43 Å². The number of carbonyl (C=O) groups is 2. The Balaban J connectivity index is 1.97. The number of nitrogens with zero attached hydrogens (tertiary/aromatic N) is 1. The Labute approximate surface area is 147 Å². The summed E-state index contributed by atoms with van der Waals surface area (Å²) < 4.78 is 0. The first-order valence-corrected chi connectivity index (χ1v) is 7.44. The Morgan fingerprint density at radius 2 is 1.70 bits per heavy atom. The van der Waals surface area contributed by atoms with Crippen molar-refractivity contribution in [3.63, 3.8) is 0 Å². The Hall–Kier alpha value is -2.08. The summed E-state index contributed by atoms with van der Waals surface area (Å²) >= 11 is 17.6. The van der Waals surface area contributed by atoms with E-state index in [1.807, 2.05) is 0 Å². The van der Waals surface area contributed by atoms with E-state index in [-0.39, 0.29) is 10.7 Å². The maximum Gasteiger partial charge on any atom is 0.329 e. The van der Waals surface area contributed by atoms with E-state index in [4.69, 9.17) is 34.8 Å². The van der Waals surface area contributed by atoms with Gasteiger partial charge in [0.2, 0.25) is 0 Å². The molecule has 118 valence electrons. The molecular weight excluding hydrogens is 361 g/mol. The molecule has 0 radical (unpaired) electrons. The molecule has 5 nitrogen and oxygen atoms in total. The van der Waals surface area contributed by atoms with E-state index in [9.17, 15) is 9.59 Å². The van der Waals surface area contributed by atoms with E-state index in [0.29, 0.717) is 15.6 Å². The second-order valence-corrected chi connectivity index (χ2v) is 5.55. The zero-order chi connectivity index (χ0) is 16.8. The fourth-order valence-corrected chi connectivity index (χ4v) is 2.08. The summed E-state index contributed by atoms with van der Waals surface area (Å²) in [5, 5.41) is 7.13. The molecule has 2 N–H and O–H groups in total. The van der Waals surface area contributed by atoms with Gasteiger partial charge in [0.05, 0.1) is 16.9 Å². The van der Waals surface area contributed by atoms with Crippen molar-refractivity contribution < 1.29 is 9.59 Å². The van der Waals surface area contributed by atoms with Crippen molar-refractivity contribution in [3.05, 3.63) is 63.1 Å². The molecule has 0 saturated heterocycles. The zero-order valence-electron chi connectivity index (χ0n) is 11.5. The van der Waals surface area contributed by atoms with Crippen molar-refractivity contribution >= 4 is 58.5 Å². The zero-order valence-corrected chi connectivity index (χ0v) is 13.8. The molecule has 0 fully saturated rings. The number of halogens is 3. The predicted molar refractivity (Wildman–Crippen MR) is 92.3 cm³/mol. The number of hydrogen-bond acceptors (Lipinski definition) is 3. The van der Waals surface area contributed by atoms with Crippen molar-refractivity contribution in [1.82, 2.24) is 5.43 Å². The van der Waals surface area contributed by atoms with Crippen LogP contribution >= 0.6 is 34.8 Å². The molecule has 0 aromatic heterocycles. The Kier molecular flexibility index (Phi) is 5.98. The van der Waals surface area contributed by atoms with E-state index >= 15 is 0 Å². The lowest BCUT2D eigenvalue weighted by Crippen LogP contribution is -2.32. The standard InChI is InChI=1S/C15H10Cl3N3O2/c16-10-5-6-12(18)13(7-10)20-14(22)15(23)21-19-8-9-3-1-2-4-11(9)17/h1-8H,(H,20,22)(H,21,23)/b19-8+. The summed E-state index contributed by atoms with van der Waals surface area (Å²) in [6.07, 6.45) is 1.33. The van der Waals surface area contributed by atoms with Crippen LogP contribution in [0, 0.1) is 0 Å². The fraction of sp³-hybridized carbons (Fsp3) is 0. The highest BCUT2D eigenvalue weighted by Crippen LogP contribution is 2.25. The molecule has 0 unspecified atom stereocenters. The number of hydrazone groups is 1. The molecular formula is C15H10Cl3N3O2. The van der Waals surface area contributed by atoms with Gasteiger partial charge in [-0.15, -0.1) is 0 Å². The molecule has 23 heavy (non-hydrogen) atoms. The molecule has 0 aliphatic heterocycles. The van der Waals surface area contributed by atoms with Gasteiger partial charge in [0, 0.05) is 15.6 Å². The van der Waals surface area contributed by atoms with Gasteiger partial charge in [-0.2, -0.15) is 5.10 Å². The largest absolute Gasteiger partial charge is 0.329 e. The Morgan fingerprint density at radius 3 is 2.43 bits per heavy atom. The first kappa shape index (κ1) is 17.3. The molecule has 2 rings (SSSR count). The highest BCUT2D eigenvalue weighted by molar-refractivity contribution is 6.42. The minimum absolute atomic E-state index is 0.231. The molecule has 0 bridgehead atoms. The van der Waals surface area contributed by atoms with Crippen LogP contribution in [0.2, 0.25) is 15.1 Å². The van der Waals surface area contributed by atoms with Crippen molar-refractivity contribution in [1.29, 1.82) is 0 Å². The molecule has 2 amide bonds. The van der Waals surface area contributed by atoms with Crippen molar-refractivity contribution in [2.75, 3.05) is 5.32 Å². The molecule has 0 spiro atoms. The van der Waals surface area contributed by atoms with E-state index < -0.39 is 11.8 Å². The first-order valence-electron chi connectivity index (χ1n) is 6.31. The maximum atomic E-state index is 11.8. The average Bonchev–Trinajstić information content (AvgIpc) is 2.52. The van der Waals surface area contributed by atoms with Gasteiger partial charge in [-0.05, 0) is 24.3 Å². The summed E-state index contributed by atoms with van der Waals surface area (Å²) in [6.45, 7) is 0. The first-order chi connectivity index (χ1) is 11.0. The van der Waals surface area contributed by atoms with Gasteiger partial charge >= 0.3 is 11.8 Å². The lowest BCUT2D eigenvalue weighted by molar-refractivity contribution is -0.136. The minimum atomic E-state index is -0.954. The lowest BCUT2D eigenvalue weighted by atomic mass is 10.2. The van der Waals surface area contributed by atoms with Gasteiger partial charge in [-0.3, -0.25) is 9.59 Å². The molecule has 2 aromatic rings. The van der Waals surface area contributed by atoms with Crippen LogP contribution in [-0.2, 0) is 9.59 Å². The molecule has 2 aromatic carbocycles. The van der Waals surface area contributed by atoms with Gasteiger partial charge in [0.25, 0.3) is 0 Å². The fourth-order valence-electron chi connectivity index (χ4n) is 1.56. The topological polar surface area (TPSA) is 70.6 Å². The molecule has 8 heteroatoms. The van der Waals surface area contributed by atoms with Gasteiger partial charge in [-0.1, -0.05) is 53.0 Å². The lowest BCUT2D eigenvalue weighted by Gasteiger charge is -2.06. The third kappa shape index (κ3) is 4.96. The molecule has 0 heterocycles. The number of anilines is 1. The molecule has 0 atom stereocenters. The monoisotopic (exact) mass is 369 g/mol. The van der Waals surface area contributed by atoms with Gasteiger partial charge in [0.1, 0.15) is 0 Å². The summed E-state index contributed by atoms with van der Waals surface area (Å²) in [5.74, 6) is -1.88. The van der Waals surface area contributed by atoms with Gasteiger partial charge in [0.15, 0.2) is 0 Å². The summed E-state index contributed by atoms with van der Waals surface area (Å²) in [6, 6.07) is 11.4. The quantitative estimate of drug-likeness (QED) is 0.491. The van der Waals surface area contributed by atoms with Crippen molar-refractivity contribution in [2.45, 2.75) is 0 Å². The SMILES string of the molecule is O=C(N/N=C/c1ccccc1Cl)C(=O)Nc1cc(Cl)ccc1Cl. The van der Waals surface area contributed by atoms with Crippen LogP contribution in [0.4, 0.5) is 5.69 Å². The molecule has 0 aliphatic rings. The van der Waals surface area contributed by atoms with Crippen molar-refractivity contribution in [2.24, 2.45) is 5.10 Å². The number of benzene rings is 2. The van der Waals surface area contributed by atoms with E-state index in [0.717, 1.165) is 0 Å². The highest BCUT2D eigenvalue weighted by Gasteiger charge is 2.14. The number of rotatable bonds is 3. The normalized spacial score (nSPS) is 10.6. The van der Waals surface area contributed by atoms with Crippen molar-refractivity contribution in [3.8, 4) is 0 Å². The van der Waals surface area contributed by atoms with Crippen LogP contribution in [0.1, 0.15) is 5.56 Å². The van der Waals surface area contributed by atoms with Crippen LogP contribution in [-0.4, -0.2) is 18.0 Å². The Morgan fingerprint density at radius 1 is 0.957 bits per heavy atom. The summed E-state index contributed by atoms with van der Waals surface area (Å²) in [5.41, 5.74) is 2.93.